The summed E-state index contributed by atoms with van der Waals surface area (Å²) in [6.07, 6.45) is 0. The Morgan fingerprint density at radius 3 is 1.97 bits per heavy atom. The topological polar surface area (TPSA) is 25.2 Å². The van der Waals surface area contributed by atoms with E-state index in [1.165, 1.54) is 5.56 Å². The van der Waals surface area contributed by atoms with E-state index in [0.717, 1.165) is 44.4 Å². The van der Waals surface area contributed by atoms with Gasteiger partial charge in [0.1, 0.15) is 11.2 Å². The van der Waals surface area contributed by atoms with Gasteiger partial charge in [0, 0.05) is 27.7 Å². The van der Waals surface area contributed by atoms with Crippen LogP contribution in [0.2, 0.25) is 0 Å². The molecule has 1 heterocycles. The third-order valence-electron chi connectivity index (χ3n) is 5.64. The third kappa shape index (κ3) is 3.35. The van der Waals surface area contributed by atoms with Crippen LogP contribution in [-0.2, 0) is 5.41 Å². The first-order valence-corrected chi connectivity index (χ1v) is 10.4. The van der Waals surface area contributed by atoms with Crippen LogP contribution in [0.1, 0.15) is 26.3 Å². The van der Waals surface area contributed by atoms with E-state index < -0.39 is 0 Å². The van der Waals surface area contributed by atoms with Crippen LogP contribution >= 0.6 is 0 Å². The predicted molar refractivity (Wildman–Crippen MR) is 128 cm³/mol. The molecule has 0 saturated carbocycles. The minimum atomic E-state index is 0.165. The van der Waals surface area contributed by atoms with Crippen LogP contribution in [0.25, 0.3) is 33.1 Å². The molecule has 1 N–H and O–H groups in total. The molecule has 0 atom stereocenters. The van der Waals surface area contributed by atoms with Crippen molar-refractivity contribution in [1.82, 2.24) is 0 Å². The third-order valence-corrected chi connectivity index (χ3v) is 5.64. The Hall–Kier alpha value is -3.52. The molecule has 0 aliphatic carbocycles. The summed E-state index contributed by atoms with van der Waals surface area (Å²) in [5, 5.41) is 5.81. The first kappa shape index (κ1) is 18.5. The molecule has 0 saturated heterocycles. The van der Waals surface area contributed by atoms with E-state index in [1.54, 1.807) is 0 Å². The highest BCUT2D eigenvalue weighted by Gasteiger charge is 2.13. The highest BCUT2D eigenvalue weighted by Crippen LogP contribution is 2.36. The summed E-state index contributed by atoms with van der Waals surface area (Å²) in [6.45, 7) is 6.70. The first-order valence-electron chi connectivity index (χ1n) is 10.4. The van der Waals surface area contributed by atoms with Crippen molar-refractivity contribution in [1.29, 1.82) is 0 Å². The van der Waals surface area contributed by atoms with Crippen molar-refractivity contribution in [2.24, 2.45) is 0 Å². The number of benzene rings is 4. The van der Waals surface area contributed by atoms with Gasteiger partial charge in [-0.15, -0.1) is 0 Å². The molecule has 30 heavy (non-hydrogen) atoms. The summed E-state index contributed by atoms with van der Waals surface area (Å²) < 4.78 is 6.19. The fraction of sp³-hybridized carbons (Fsp3) is 0.143. The monoisotopic (exact) mass is 391 g/mol. The van der Waals surface area contributed by atoms with Crippen LogP contribution in [-0.4, -0.2) is 0 Å². The zero-order chi connectivity index (χ0) is 20.7. The maximum atomic E-state index is 6.19. The minimum absolute atomic E-state index is 0.165. The van der Waals surface area contributed by atoms with E-state index in [1.807, 2.05) is 12.1 Å². The fourth-order valence-electron chi connectivity index (χ4n) is 3.93. The van der Waals surface area contributed by atoms with Gasteiger partial charge in [0.05, 0.1) is 0 Å². The first-order chi connectivity index (χ1) is 14.5. The minimum Gasteiger partial charge on any atom is -0.455 e. The molecule has 1 aromatic heterocycles. The van der Waals surface area contributed by atoms with Crippen LogP contribution in [0.4, 0.5) is 11.4 Å². The Bertz CT molecular complexity index is 1320. The number of para-hydroxylation sites is 2. The summed E-state index contributed by atoms with van der Waals surface area (Å²) in [4.78, 5) is 0. The van der Waals surface area contributed by atoms with Gasteiger partial charge in [-0.05, 0) is 46.9 Å². The van der Waals surface area contributed by atoms with E-state index in [4.69, 9.17) is 4.42 Å². The molecule has 0 unspecified atom stereocenters. The second kappa shape index (κ2) is 7.07. The number of nitrogens with one attached hydrogen (secondary N) is 1. The lowest BCUT2D eigenvalue weighted by atomic mass is 9.87. The molecule has 148 valence electrons. The number of hydrogen-bond donors (Lipinski definition) is 1. The van der Waals surface area contributed by atoms with Gasteiger partial charge >= 0.3 is 0 Å². The van der Waals surface area contributed by atoms with Crippen molar-refractivity contribution in [3.63, 3.8) is 0 Å². The fourth-order valence-corrected chi connectivity index (χ4v) is 3.93. The normalized spacial score (nSPS) is 11.8. The van der Waals surface area contributed by atoms with Crippen LogP contribution in [0.3, 0.4) is 0 Å². The second-order valence-electron chi connectivity index (χ2n) is 8.81. The van der Waals surface area contributed by atoms with Crippen molar-refractivity contribution >= 4 is 33.3 Å². The van der Waals surface area contributed by atoms with Crippen molar-refractivity contribution in [3.8, 4) is 11.1 Å². The Morgan fingerprint density at radius 1 is 0.633 bits per heavy atom. The lowest BCUT2D eigenvalue weighted by Crippen LogP contribution is -2.10. The summed E-state index contributed by atoms with van der Waals surface area (Å²) >= 11 is 0. The van der Waals surface area contributed by atoms with Crippen molar-refractivity contribution in [2.45, 2.75) is 26.2 Å². The smallest absolute Gasteiger partial charge is 0.143 e. The largest absolute Gasteiger partial charge is 0.455 e. The molecule has 0 bridgehead atoms. The van der Waals surface area contributed by atoms with Gasteiger partial charge in [-0.25, -0.2) is 0 Å². The molecular weight excluding hydrogens is 366 g/mol. The van der Waals surface area contributed by atoms with Gasteiger partial charge < -0.3 is 9.73 Å². The van der Waals surface area contributed by atoms with Crippen molar-refractivity contribution in [2.75, 3.05) is 5.32 Å². The summed E-state index contributed by atoms with van der Waals surface area (Å²) in [7, 11) is 0. The number of anilines is 2. The number of fused-ring (bicyclic) bond motifs is 3. The Morgan fingerprint density at radius 2 is 1.27 bits per heavy atom. The van der Waals surface area contributed by atoms with Crippen LogP contribution in [0.5, 0.6) is 0 Å². The van der Waals surface area contributed by atoms with Crippen molar-refractivity contribution < 1.29 is 4.42 Å². The highest BCUT2D eigenvalue weighted by atomic mass is 16.3. The van der Waals surface area contributed by atoms with E-state index in [-0.39, 0.29) is 5.41 Å². The zero-order valence-electron chi connectivity index (χ0n) is 17.6. The molecule has 0 amide bonds. The highest BCUT2D eigenvalue weighted by molar-refractivity contribution is 6.09. The molecule has 0 aliphatic rings. The number of rotatable bonds is 3. The van der Waals surface area contributed by atoms with Crippen molar-refractivity contribution in [3.05, 3.63) is 96.6 Å². The van der Waals surface area contributed by atoms with E-state index in [2.05, 4.69) is 105 Å². The quantitative estimate of drug-likeness (QED) is 0.334. The molecule has 0 spiro atoms. The summed E-state index contributed by atoms with van der Waals surface area (Å²) in [6, 6.07) is 31.8. The second-order valence-corrected chi connectivity index (χ2v) is 8.81. The molecule has 0 fully saturated rings. The predicted octanol–water partition coefficient (Wildman–Crippen LogP) is 8.29. The SMILES string of the molecule is CC(C)(C)c1ccc(Nc2ccc(-c3cccc4c3oc3ccccc34)cc2)cc1. The van der Waals surface area contributed by atoms with Gasteiger partial charge in [-0.2, -0.15) is 0 Å². The number of furan rings is 1. The molecule has 4 aromatic carbocycles. The average Bonchev–Trinajstić information content (AvgIpc) is 3.13. The van der Waals surface area contributed by atoms with Gasteiger partial charge in [0.25, 0.3) is 0 Å². The van der Waals surface area contributed by atoms with E-state index >= 15 is 0 Å². The van der Waals surface area contributed by atoms with Gasteiger partial charge in [0.2, 0.25) is 0 Å². The van der Waals surface area contributed by atoms with Gasteiger partial charge in [0.15, 0.2) is 0 Å². The number of hydrogen-bond acceptors (Lipinski definition) is 2. The molecule has 2 nitrogen and oxygen atoms in total. The maximum absolute atomic E-state index is 6.19. The Labute approximate surface area is 177 Å². The Balaban J connectivity index is 1.44. The molecule has 2 heteroatoms. The lowest BCUT2D eigenvalue weighted by Gasteiger charge is -2.19. The average molecular weight is 392 g/mol. The standard InChI is InChI=1S/C28H25NO/c1-28(2,3)20-13-17-22(18-14-20)29-21-15-11-19(12-16-21)23-8-6-9-25-24-7-4-5-10-26(24)30-27(23)25/h4-18,29H,1-3H3. The molecular formula is C28H25NO. The van der Waals surface area contributed by atoms with E-state index in [0.29, 0.717) is 0 Å². The summed E-state index contributed by atoms with van der Waals surface area (Å²) in [5.41, 5.74) is 7.79. The summed E-state index contributed by atoms with van der Waals surface area (Å²) in [5.74, 6) is 0. The zero-order valence-corrected chi connectivity index (χ0v) is 17.6. The van der Waals surface area contributed by atoms with Crippen LogP contribution < -0.4 is 5.32 Å². The molecule has 5 rings (SSSR count). The Kier molecular flexibility index (Phi) is 4.36. The molecule has 0 radical (unpaired) electrons. The van der Waals surface area contributed by atoms with Gasteiger partial charge in [-0.1, -0.05) is 81.4 Å². The van der Waals surface area contributed by atoms with Crippen LogP contribution in [0, 0.1) is 0 Å². The van der Waals surface area contributed by atoms with Crippen LogP contribution in [0.15, 0.2) is 95.4 Å². The lowest BCUT2D eigenvalue weighted by molar-refractivity contribution is 0.590. The van der Waals surface area contributed by atoms with Gasteiger partial charge in [-0.3, -0.25) is 0 Å². The van der Waals surface area contributed by atoms with E-state index in [9.17, 15) is 0 Å². The molecule has 5 aromatic rings. The maximum Gasteiger partial charge on any atom is 0.143 e. The molecule has 0 aliphatic heterocycles.